The second-order valence-electron chi connectivity index (χ2n) is 6.39. The van der Waals surface area contributed by atoms with Gasteiger partial charge in [-0.2, -0.15) is 0 Å². The Morgan fingerprint density at radius 1 is 1.21 bits per heavy atom. The lowest BCUT2D eigenvalue weighted by molar-refractivity contribution is -0.119. The highest BCUT2D eigenvalue weighted by Gasteiger charge is 2.38. The van der Waals surface area contributed by atoms with Crippen LogP contribution in [0.4, 0.5) is 5.69 Å². The molecule has 1 aromatic carbocycles. The van der Waals surface area contributed by atoms with Gasteiger partial charge in [-0.3, -0.25) is 4.79 Å². The average Bonchev–Trinajstić information content (AvgIpc) is 2.58. The number of carbonyl (C=O) groups is 1. The van der Waals surface area contributed by atoms with Crippen LogP contribution >= 0.6 is 15.9 Å². The Balaban J connectivity index is 2.38. The quantitative estimate of drug-likeness (QED) is 0.806. The van der Waals surface area contributed by atoms with Crippen LogP contribution in [0.15, 0.2) is 18.2 Å². The third kappa shape index (κ3) is 2.45. The molecule has 0 saturated carbocycles. The van der Waals surface area contributed by atoms with Crippen molar-refractivity contribution >= 4 is 27.5 Å². The number of anilines is 1. The van der Waals surface area contributed by atoms with Crippen molar-refractivity contribution < 1.29 is 4.79 Å². The van der Waals surface area contributed by atoms with E-state index in [9.17, 15) is 4.79 Å². The second-order valence-corrected chi connectivity index (χ2v) is 7.38. The number of rotatable bonds is 3. The van der Waals surface area contributed by atoms with Crippen molar-refractivity contribution in [1.29, 1.82) is 0 Å². The monoisotopic (exact) mass is 323 g/mol. The lowest BCUT2D eigenvalue weighted by Crippen LogP contribution is -2.27. The summed E-state index contributed by atoms with van der Waals surface area (Å²) >= 11 is 3.81. The van der Waals surface area contributed by atoms with E-state index < -0.39 is 5.41 Å². The predicted octanol–water partition coefficient (Wildman–Crippen LogP) is 4.64. The minimum Gasteiger partial charge on any atom is -0.325 e. The molecular formula is C16H22BrNO. The van der Waals surface area contributed by atoms with Gasteiger partial charge in [-0.05, 0) is 42.9 Å². The Bertz CT molecular complexity index is 507. The van der Waals surface area contributed by atoms with Crippen LogP contribution in [-0.4, -0.2) is 5.91 Å². The summed E-state index contributed by atoms with van der Waals surface area (Å²) in [5.74, 6) is 1.25. The number of nitrogens with one attached hydrogen (secondary N) is 1. The Hall–Kier alpha value is -0.830. The molecule has 1 amide bonds. The van der Waals surface area contributed by atoms with Crippen molar-refractivity contribution in [2.24, 2.45) is 11.8 Å². The zero-order valence-corrected chi connectivity index (χ0v) is 13.8. The van der Waals surface area contributed by atoms with Gasteiger partial charge in [0.1, 0.15) is 0 Å². The molecule has 104 valence electrons. The molecule has 3 heteroatoms. The van der Waals surface area contributed by atoms with E-state index in [1.807, 2.05) is 19.9 Å². The van der Waals surface area contributed by atoms with Crippen molar-refractivity contribution in [2.75, 3.05) is 5.32 Å². The third-order valence-corrected chi connectivity index (χ3v) is 5.73. The van der Waals surface area contributed by atoms with Crippen LogP contribution in [0.1, 0.15) is 50.6 Å². The smallest absolute Gasteiger partial charge is 0.234 e. The fraction of sp³-hybridized carbons (Fsp3) is 0.562. The maximum Gasteiger partial charge on any atom is 0.234 e. The van der Waals surface area contributed by atoms with Crippen LogP contribution in [-0.2, 0) is 10.2 Å². The number of amides is 1. The number of alkyl halides is 1. The summed E-state index contributed by atoms with van der Waals surface area (Å²) in [7, 11) is 0. The van der Waals surface area contributed by atoms with Crippen LogP contribution in [0.5, 0.6) is 0 Å². The maximum absolute atomic E-state index is 12.0. The minimum atomic E-state index is -0.431. The summed E-state index contributed by atoms with van der Waals surface area (Å²) in [6.45, 7) is 10.7. The molecule has 0 bridgehead atoms. The molecule has 0 radical (unpaired) electrons. The van der Waals surface area contributed by atoms with Gasteiger partial charge in [0, 0.05) is 10.5 Å². The van der Waals surface area contributed by atoms with Gasteiger partial charge >= 0.3 is 0 Å². The molecule has 2 atom stereocenters. The molecule has 19 heavy (non-hydrogen) atoms. The van der Waals surface area contributed by atoms with E-state index in [2.05, 4.69) is 54.2 Å². The van der Waals surface area contributed by atoms with Gasteiger partial charge in [-0.1, -0.05) is 48.8 Å². The number of benzene rings is 1. The SMILES string of the molecule is CC(C)C(C)C(Br)c1ccc2c(c1)C(C)(C)C(=O)N2. The van der Waals surface area contributed by atoms with Gasteiger partial charge in [-0.25, -0.2) is 0 Å². The first-order valence-electron chi connectivity index (χ1n) is 6.85. The molecule has 0 spiro atoms. The topological polar surface area (TPSA) is 29.1 Å². The van der Waals surface area contributed by atoms with Crippen molar-refractivity contribution in [1.82, 2.24) is 0 Å². The molecule has 2 unspecified atom stereocenters. The van der Waals surface area contributed by atoms with Gasteiger partial charge in [0.05, 0.1) is 5.41 Å². The molecule has 0 fully saturated rings. The molecule has 1 aliphatic rings. The Kier molecular flexibility index (Phi) is 3.78. The summed E-state index contributed by atoms with van der Waals surface area (Å²) in [6, 6.07) is 6.31. The normalized spacial score (nSPS) is 20.1. The van der Waals surface area contributed by atoms with Crippen molar-refractivity contribution in [3.05, 3.63) is 29.3 Å². The van der Waals surface area contributed by atoms with Gasteiger partial charge < -0.3 is 5.32 Å². The molecule has 2 nitrogen and oxygen atoms in total. The molecule has 0 aromatic heterocycles. The molecule has 2 rings (SSSR count). The van der Waals surface area contributed by atoms with Crippen LogP contribution in [0.25, 0.3) is 0 Å². The zero-order valence-electron chi connectivity index (χ0n) is 12.3. The van der Waals surface area contributed by atoms with Crippen molar-refractivity contribution in [2.45, 2.75) is 44.9 Å². The summed E-state index contributed by atoms with van der Waals surface area (Å²) in [5.41, 5.74) is 2.88. The maximum atomic E-state index is 12.0. The van der Waals surface area contributed by atoms with E-state index in [1.165, 1.54) is 5.56 Å². The van der Waals surface area contributed by atoms with Gasteiger partial charge in [0.25, 0.3) is 0 Å². The standard InChI is InChI=1S/C16H22BrNO/c1-9(2)10(3)14(17)11-6-7-13-12(8-11)16(4,5)15(19)18-13/h6-10,14H,1-5H3,(H,18,19). The minimum absolute atomic E-state index is 0.0858. The van der Waals surface area contributed by atoms with Gasteiger partial charge in [0.15, 0.2) is 0 Å². The van der Waals surface area contributed by atoms with Crippen molar-refractivity contribution in [3.8, 4) is 0 Å². The average molecular weight is 324 g/mol. The zero-order chi connectivity index (χ0) is 14.4. The number of halogens is 1. The summed E-state index contributed by atoms with van der Waals surface area (Å²) in [5, 5.41) is 2.95. The summed E-state index contributed by atoms with van der Waals surface area (Å²) in [4.78, 5) is 12.3. The van der Waals surface area contributed by atoms with E-state index in [0.717, 1.165) is 11.3 Å². The summed E-state index contributed by atoms with van der Waals surface area (Å²) < 4.78 is 0. The van der Waals surface area contributed by atoms with E-state index in [4.69, 9.17) is 0 Å². The van der Waals surface area contributed by atoms with Crippen LogP contribution in [0.3, 0.4) is 0 Å². The first kappa shape index (κ1) is 14.6. The van der Waals surface area contributed by atoms with E-state index in [1.54, 1.807) is 0 Å². The highest BCUT2D eigenvalue weighted by atomic mass is 79.9. The number of hydrogen-bond donors (Lipinski definition) is 1. The molecular weight excluding hydrogens is 302 g/mol. The first-order chi connectivity index (χ1) is 8.75. The Morgan fingerprint density at radius 2 is 1.84 bits per heavy atom. The van der Waals surface area contributed by atoms with Crippen LogP contribution < -0.4 is 5.32 Å². The van der Waals surface area contributed by atoms with Crippen LogP contribution in [0.2, 0.25) is 0 Å². The fourth-order valence-electron chi connectivity index (χ4n) is 2.40. The lowest BCUT2D eigenvalue weighted by atomic mass is 9.83. The largest absolute Gasteiger partial charge is 0.325 e. The Morgan fingerprint density at radius 3 is 2.42 bits per heavy atom. The van der Waals surface area contributed by atoms with E-state index >= 15 is 0 Å². The predicted molar refractivity (Wildman–Crippen MR) is 83.8 cm³/mol. The number of fused-ring (bicyclic) bond motifs is 1. The molecule has 1 N–H and O–H groups in total. The molecule has 0 aliphatic carbocycles. The molecule has 0 saturated heterocycles. The van der Waals surface area contributed by atoms with Crippen molar-refractivity contribution in [3.63, 3.8) is 0 Å². The highest BCUT2D eigenvalue weighted by Crippen LogP contribution is 2.42. The molecule has 1 heterocycles. The van der Waals surface area contributed by atoms with E-state index in [0.29, 0.717) is 16.7 Å². The lowest BCUT2D eigenvalue weighted by Gasteiger charge is -2.24. The molecule has 1 aliphatic heterocycles. The van der Waals surface area contributed by atoms with Crippen LogP contribution in [0, 0.1) is 11.8 Å². The Labute approximate surface area is 124 Å². The number of carbonyl (C=O) groups excluding carboxylic acids is 1. The first-order valence-corrected chi connectivity index (χ1v) is 7.76. The number of hydrogen-bond acceptors (Lipinski definition) is 1. The summed E-state index contributed by atoms with van der Waals surface area (Å²) in [6.07, 6.45) is 0. The molecule has 1 aromatic rings. The van der Waals surface area contributed by atoms with Gasteiger partial charge in [-0.15, -0.1) is 0 Å². The van der Waals surface area contributed by atoms with Gasteiger partial charge in [0.2, 0.25) is 5.91 Å². The fourth-order valence-corrected chi connectivity index (χ4v) is 3.30. The highest BCUT2D eigenvalue weighted by molar-refractivity contribution is 9.09. The third-order valence-electron chi connectivity index (χ3n) is 4.36. The van der Waals surface area contributed by atoms with E-state index in [-0.39, 0.29) is 5.91 Å². The second kappa shape index (κ2) is 4.93.